The van der Waals surface area contributed by atoms with Crippen LogP contribution in [-0.4, -0.2) is 36.3 Å². The summed E-state index contributed by atoms with van der Waals surface area (Å²) in [6.45, 7) is 2.03. The first kappa shape index (κ1) is 26.8. The Labute approximate surface area is 225 Å². The van der Waals surface area contributed by atoms with E-state index in [2.05, 4.69) is 5.32 Å². The molecule has 198 valence electrons. The maximum Gasteiger partial charge on any atom is 0.341 e. The Hall–Kier alpha value is -5.24. The molecule has 8 heteroatoms. The van der Waals surface area contributed by atoms with Crippen molar-refractivity contribution in [1.82, 2.24) is 0 Å². The fourth-order valence-corrected chi connectivity index (χ4v) is 4.30. The number of carboxylic acid groups (broad SMARTS) is 1. The van der Waals surface area contributed by atoms with E-state index >= 15 is 0 Å². The molecule has 8 nitrogen and oxygen atoms in total. The van der Waals surface area contributed by atoms with E-state index in [0.29, 0.717) is 22.7 Å². The highest BCUT2D eigenvalue weighted by atomic mass is 16.5. The van der Waals surface area contributed by atoms with Gasteiger partial charge in [-0.15, -0.1) is 0 Å². The molecule has 1 amide bonds. The number of benzene rings is 4. The van der Waals surface area contributed by atoms with Crippen molar-refractivity contribution in [3.05, 3.63) is 101 Å². The number of hydrogen-bond donors (Lipinski definition) is 4. The monoisotopic (exact) mass is 524 g/mol. The quantitative estimate of drug-likeness (QED) is 0.195. The van der Waals surface area contributed by atoms with Crippen LogP contribution in [0.2, 0.25) is 0 Å². The number of ether oxygens (including phenoxy) is 2. The molecule has 4 aromatic rings. The van der Waals surface area contributed by atoms with Gasteiger partial charge >= 0.3 is 5.97 Å². The maximum absolute atomic E-state index is 11.7. The number of hydrogen-bond acceptors (Lipinski definition) is 6. The van der Waals surface area contributed by atoms with Crippen LogP contribution in [0, 0.1) is 6.92 Å². The molecule has 0 aromatic heterocycles. The van der Waals surface area contributed by atoms with Crippen molar-refractivity contribution in [2.75, 3.05) is 19.5 Å². The first-order valence-electron chi connectivity index (χ1n) is 12.0. The first-order valence-corrected chi connectivity index (χ1v) is 12.0. The van der Waals surface area contributed by atoms with Gasteiger partial charge in [0.1, 0.15) is 28.5 Å². The molecule has 5 N–H and O–H groups in total. The van der Waals surface area contributed by atoms with Crippen molar-refractivity contribution in [1.29, 1.82) is 0 Å². The highest BCUT2D eigenvalue weighted by Gasteiger charge is 2.19. The Balaban J connectivity index is 1.68. The number of nitrogens with two attached hydrogens (primary N) is 1. The van der Waals surface area contributed by atoms with Crippen LogP contribution in [0.4, 0.5) is 11.4 Å². The molecule has 39 heavy (non-hydrogen) atoms. The highest BCUT2D eigenvalue weighted by molar-refractivity contribution is 5.99. The average Bonchev–Trinajstić information content (AvgIpc) is 2.92. The normalized spacial score (nSPS) is 10.8. The summed E-state index contributed by atoms with van der Waals surface area (Å²) in [5, 5.41) is 22.6. The van der Waals surface area contributed by atoms with Gasteiger partial charge in [-0.3, -0.25) is 4.79 Å². The molecule has 0 bridgehead atoms. The van der Waals surface area contributed by atoms with Crippen LogP contribution < -0.4 is 20.5 Å². The van der Waals surface area contributed by atoms with E-state index in [1.807, 2.05) is 49.4 Å². The Morgan fingerprint density at radius 3 is 2.13 bits per heavy atom. The molecule has 0 unspecified atom stereocenters. The minimum atomic E-state index is -1.27. The van der Waals surface area contributed by atoms with Gasteiger partial charge in [0.2, 0.25) is 5.91 Å². The second kappa shape index (κ2) is 11.4. The summed E-state index contributed by atoms with van der Waals surface area (Å²) in [5.41, 5.74) is 11.0. The Kier molecular flexibility index (Phi) is 7.86. The Morgan fingerprint density at radius 1 is 0.897 bits per heavy atom. The van der Waals surface area contributed by atoms with Gasteiger partial charge in [0, 0.05) is 5.56 Å². The standard InChI is InChI=1S/C31H28N2O6/c1-18-20(6-4-7-23(18)21-12-14-22(15-13-21)30(32)35)11-10-19-16-26(38-2)29(27(17-19)39-3)33-24-8-5-9-25(34)28(24)31(36)37/h4-17,33-34H,1-3H3,(H2,32,35)(H,36,37)/b11-10+. The number of aromatic carboxylic acids is 1. The Bertz CT molecular complexity index is 1550. The van der Waals surface area contributed by atoms with E-state index in [-0.39, 0.29) is 17.0 Å². The number of amides is 1. The molecule has 0 saturated heterocycles. The fourth-order valence-electron chi connectivity index (χ4n) is 4.30. The predicted molar refractivity (Wildman–Crippen MR) is 152 cm³/mol. The summed E-state index contributed by atoms with van der Waals surface area (Å²) >= 11 is 0. The van der Waals surface area contributed by atoms with Gasteiger partial charge in [-0.05, 0) is 71.1 Å². The van der Waals surface area contributed by atoms with Crippen molar-refractivity contribution < 1.29 is 29.3 Å². The van der Waals surface area contributed by atoms with Crippen molar-refractivity contribution in [3.63, 3.8) is 0 Å². The molecule has 0 radical (unpaired) electrons. The molecule has 0 fully saturated rings. The lowest BCUT2D eigenvalue weighted by molar-refractivity contribution is 0.0694. The minimum absolute atomic E-state index is 0.193. The number of rotatable bonds is 9. The molecule has 0 saturated carbocycles. The second-order valence-corrected chi connectivity index (χ2v) is 8.73. The number of methoxy groups -OCH3 is 2. The van der Waals surface area contributed by atoms with E-state index in [9.17, 15) is 19.8 Å². The summed E-state index contributed by atoms with van der Waals surface area (Å²) in [6, 6.07) is 21.2. The molecule has 0 aliphatic carbocycles. The van der Waals surface area contributed by atoms with E-state index in [0.717, 1.165) is 27.8 Å². The first-order chi connectivity index (χ1) is 18.7. The lowest BCUT2D eigenvalue weighted by Gasteiger charge is -2.17. The summed E-state index contributed by atoms with van der Waals surface area (Å²) in [4.78, 5) is 23.1. The van der Waals surface area contributed by atoms with Crippen LogP contribution in [0.15, 0.2) is 72.8 Å². The zero-order chi connectivity index (χ0) is 28.1. The number of anilines is 2. The van der Waals surface area contributed by atoms with E-state index in [1.54, 1.807) is 36.4 Å². The number of primary amides is 1. The van der Waals surface area contributed by atoms with Crippen LogP contribution in [-0.2, 0) is 0 Å². The Morgan fingerprint density at radius 2 is 1.54 bits per heavy atom. The number of nitrogens with one attached hydrogen (secondary N) is 1. The molecule has 0 aliphatic heterocycles. The van der Waals surface area contributed by atoms with Gasteiger partial charge in [0.25, 0.3) is 0 Å². The van der Waals surface area contributed by atoms with E-state index in [1.165, 1.54) is 20.3 Å². The van der Waals surface area contributed by atoms with Crippen molar-refractivity contribution in [3.8, 4) is 28.4 Å². The van der Waals surface area contributed by atoms with Crippen molar-refractivity contribution >= 4 is 35.4 Å². The maximum atomic E-state index is 11.7. The SMILES string of the molecule is COc1cc(/C=C/c2cccc(-c3ccc(C(N)=O)cc3)c2C)cc(OC)c1Nc1cccc(O)c1C(=O)O. The second-order valence-electron chi connectivity index (χ2n) is 8.73. The van der Waals surface area contributed by atoms with E-state index < -0.39 is 11.9 Å². The highest BCUT2D eigenvalue weighted by Crippen LogP contribution is 2.40. The van der Waals surface area contributed by atoms with Gasteiger partial charge in [-0.2, -0.15) is 0 Å². The molecule has 0 atom stereocenters. The molecular weight excluding hydrogens is 496 g/mol. The lowest BCUT2D eigenvalue weighted by atomic mass is 9.95. The summed E-state index contributed by atoms with van der Waals surface area (Å²) in [6.07, 6.45) is 3.91. The summed E-state index contributed by atoms with van der Waals surface area (Å²) in [5.74, 6) is -1.24. The zero-order valence-electron chi connectivity index (χ0n) is 21.7. The third-order valence-electron chi connectivity index (χ3n) is 6.36. The van der Waals surface area contributed by atoms with Gasteiger partial charge < -0.3 is 30.7 Å². The topological polar surface area (TPSA) is 131 Å². The summed E-state index contributed by atoms with van der Waals surface area (Å²) in [7, 11) is 3.01. The molecular formula is C31H28N2O6. The largest absolute Gasteiger partial charge is 0.507 e. The van der Waals surface area contributed by atoms with Gasteiger partial charge in [0.15, 0.2) is 0 Å². The van der Waals surface area contributed by atoms with Gasteiger partial charge in [-0.25, -0.2) is 4.79 Å². The fraction of sp³-hybridized carbons (Fsp3) is 0.0968. The smallest absolute Gasteiger partial charge is 0.341 e. The van der Waals surface area contributed by atoms with Crippen LogP contribution in [0.1, 0.15) is 37.4 Å². The molecule has 0 spiro atoms. The van der Waals surface area contributed by atoms with Crippen molar-refractivity contribution in [2.45, 2.75) is 6.92 Å². The third kappa shape index (κ3) is 5.70. The molecule has 0 heterocycles. The number of phenols is 1. The lowest BCUT2D eigenvalue weighted by Crippen LogP contribution is -2.10. The van der Waals surface area contributed by atoms with Crippen LogP contribution in [0.5, 0.6) is 17.2 Å². The predicted octanol–water partition coefficient (Wildman–Crippen LogP) is 6.10. The number of aromatic hydroxyl groups is 1. The van der Waals surface area contributed by atoms with Gasteiger partial charge in [0.05, 0.1) is 19.9 Å². The van der Waals surface area contributed by atoms with Crippen LogP contribution >= 0.6 is 0 Å². The molecule has 4 rings (SSSR count). The zero-order valence-corrected chi connectivity index (χ0v) is 21.7. The molecule has 4 aromatic carbocycles. The minimum Gasteiger partial charge on any atom is -0.507 e. The number of carbonyl (C=O) groups is 2. The van der Waals surface area contributed by atoms with E-state index in [4.69, 9.17) is 15.2 Å². The van der Waals surface area contributed by atoms with Gasteiger partial charge in [-0.1, -0.05) is 48.6 Å². The summed E-state index contributed by atoms with van der Waals surface area (Å²) < 4.78 is 11.2. The third-order valence-corrected chi connectivity index (χ3v) is 6.36. The van der Waals surface area contributed by atoms with Crippen molar-refractivity contribution in [2.24, 2.45) is 5.73 Å². The number of carbonyl (C=O) groups excluding carboxylic acids is 1. The number of carboxylic acids is 1. The molecule has 0 aliphatic rings. The van der Waals surface area contributed by atoms with Crippen LogP contribution in [0.3, 0.4) is 0 Å². The van der Waals surface area contributed by atoms with Crippen LogP contribution in [0.25, 0.3) is 23.3 Å². The average molecular weight is 525 g/mol.